The molecule has 0 spiro atoms. The first-order valence-electron chi connectivity index (χ1n) is 6.70. The molecule has 0 saturated heterocycles. The molecular formula is C14H14Cl2N2OS. The van der Waals surface area contributed by atoms with Crippen LogP contribution in [0.2, 0.25) is 10.0 Å². The highest BCUT2D eigenvalue weighted by Gasteiger charge is 2.22. The molecule has 1 amide bonds. The zero-order valence-corrected chi connectivity index (χ0v) is 13.1. The summed E-state index contributed by atoms with van der Waals surface area (Å²) in [7, 11) is 0. The minimum Gasteiger partial charge on any atom is -0.302 e. The van der Waals surface area contributed by atoms with E-state index in [1.165, 1.54) is 17.8 Å². The summed E-state index contributed by atoms with van der Waals surface area (Å²) < 4.78 is 0.890. The minimum atomic E-state index is 0.0750. The molecule has 1 N–H and O–H groups in total. The molecule has 0 aliphatic heterocycles. The molecule has 6 heteroatoms. The van der Waals surface area contributed by atoms with Gasteiger partial charge >= 0.3 is 0 Å². The predicted molar refractivity (Wildman–Crippen MR) is 84.8 cm³/mol. The third-order valence-corrected chi connectivity index (χ3v) is 5.04. The molecule has 1 fully saturated rings. The Bertz CT molecular complexity index is 650. The van der Waals surface area contributed by atoms with Crippen molar-refractivity contribution in [3.63, 3.8) is 0 Å². The summed E-state index contributed by atoms with van der Waals surface area (Å²) in [5, 5.41) is 4.61. The van der Waals surface area contributed by atoms with Crippen LogP contribution in [0.5, 0.6) is 0 Å². The smallest absolute Gasteiger partial charge is 0.229 e. The van der Waals surface area contributed by atoms with Gasteiger partial charge in [0.2, 0.25) is 5.91 Å². The first-order valence-corrected chi connectivity index (χ1v) is 8.27. The number of nitrogens with zero attached hydrogens (tertiary/aromatic N) is 1. The fraction of sp³-hybridized carbons (Fsp3) is 0.429. The minimum absolute atomic E-state index is 0.0750. The number of hydrogen-bond donors (Lipinski definition) is 1. The summed E-state index contributed by atoms with van der Waals surface area (Å²) in [6, 6.07) is 3.48. The Morgan fingerprint density at radius 1 is 1.25 bits per heavy atom. The Kier molecular flexibility index (Phi) is 4.15. The van der Waals surface area contributed by atoms with E-state index in [2.05, 4.69) is 10.3 Å². The summed E-state index contributed by atoms with van der Waals surface area (Å²) in [6.45, 7) is 0. The van der Waals surface area contributed by atoms with Crippen LogP contribution in [0.15, 0.2) is 12.1 Å². The molecular weight excluding hydrogens is 315 g/mol. The molecule has 0 radical (unpaired) electrons. The van der Waals surface area contributed by atoms with E-state index in [4.69, 9.17) is 23.2 Å². The number of rotatable bonds is 2. The van der Waals surface area contributed by atoms with Crippen LogP contribution in [-0.4, -0.2) is 10.9 Å². The predicted octanol–water partition coefficient (Wildman–Crippen LogP) is 5.12. The van der Waals surface area contributed by atoms with Gasteiger partial charge in [0.25, 0.3) is 0 Å². The Balaban J connectivity index is 1.80. The summed E-state index contributed by atoms with van der Waals surface area (Å²) in [4.78, 5) is 16.6. The van der Waals surface area contributed by atoms with Gasteiger partial charge in [-0.2, -0.15) is 0 Å². The van der Waals surface area contributed by atoms with Gasteiger partial charge in [-0.15, -0.1) is 0 Å². The number of carbonyl (C=O) groups is 1. The number of fused-ring (bicyclic) bond motifs is 1. The number of anilines is 1. The molecule has 106 valence electrons. The van der Waals surface area contributed by atoms with Crippen molar-refractivity contribution in [2.75, 3.05) is 5.32 Å². The Hall–Kier alpha value is -0.840. The van der Waals surface area contributed by atoms with Crippen LogP contribution >= 0.6 is 34.5 Å². The SMILES string of the molecule is O=C(Nc1nc2c(Cl)cc(Cl)cc2s1)C1CCCCC1. The monoisotopic (exact) mass is 328 g/mol. The molecule has 1 aliphatic rings. The number of halogens is 2. The Morgan fingerprint density at radius 3 is 2.75 bits per heavy atom. The molecule has 1 saturated carbocycles. The molecule has 1 aromatic carbocycles. The van der Waals surface area contributed by atoms with Crippen LogP contribution < -0.4 is 5.32 Å². The van der Waals surface area contributed by atoms with Crippen molar-refractivity contribution in [2.24, 2.45) is 5.92 Å². The molecule has 20 heavy (non-hydrogen) atoms. The molecule has 3 rings (SSSR count). The fourth-order valence-electron chi connectivity index (χ4n) is 2.58. The molecule has 3 nitrogen and oxygen atoms in total. The second-order valence-corrected chi connectivity index (χ2v) is 6.95. The number of hydrogen-bond acceptors (Lipinski definition) is 3. The summed E-state index contributed by atoms with van der Waals surface area (Å²) in [5.74, 6) is 0.195. The van der Waals surface area contributed by atoms with Gasteiger partial charge in [-0.25, -0.2) is 4.98 Å². The highest BCUT2D eigenvalue weighted by Crippen LogP contribution is 2.34. The van der Waals surface area contributed by atoms with Crippen LogP contribution in [0.1, 0.15) is 32.1 Å². The zero-order valence-electron chi connectivity index (χ0n) is 10.8. The lowest BCUT2D eigenvalue weighted by atomic mass is 9.89. The number of carbonyl (C=O) groups excluding carboxylic acids is 1. The second kappa shape index (κ2) is 5.88. The van der Waals surface area contributed by atoms with Crippen molar-refractivity contribution in [2.45, 2.75) is 32.1 Å². The summed E-state index contributed by atoms with van der Waals surface area (Å²) in [5.41, 5.74) is 0.694. The van der Waals surface area contributed by atoms with E-state index < -0.39 is 0 Å². The van der Waals surface area contributed by atoms with Crippen molar-refractivity contribution in [1.82, 2.24) is 4.98 Å². The maximum Gasteiger partial charge on any atom is 0.229 e. The van der Waals surface area contributed by atoms with Crippen LogP contribution in [-0.2, 0) is 4.79 Å². The van der Waals surface area contributed by atoms with E-state index in [0.717, 1.165) is 30.4 Å². The largest absolute Gasteiger partial charge is 0.302 e. The molecule has 0 unspecified atom stereocenters. The molecule has 1 aromatic heterocycles. The van der Waals surface area contributed by atoms with Gasteiger partial charge in [0.1, 0.15) is 5.52 Å². The highest BCUT2D eigenvalue weighted by atomic mass is 35.5. The van der Waals surface area contributed by atoms with Crippen LogP contribution in [0.3, 0.4) is 0 Å². The van der Waals surface area contributed by atoms with Crippen molar-refractivity contribution < 1.29 is 4.79 Å². The van der Waals surface area contributed by atoms with Crippen molar-refractivity contribution in [3.05, 3.63) is 22.2 Å². The van der Waals surface area contributed by atoms with Gasteiger partial charge in [0.15, 0.2) is 5.13 Å². The number of benzene rings is 1. The zero-order chi connectivity index (χ0) is 14.1. The van der Waals surface area contributed by atoms with Crippen LogP contribution in [0.25, 0.3) is 10.2 Å². The lowest BCUT2D eigenvalue weighted by molar-refractivity contribution is -0.120. The second-order valence-electron chi connectivity index (χ2n) is 5.08. The topological polar surface area (TPSA) is 42.0 Å². The number of amides is 1. The average Bonchev–Trinajstić information content (AvgIpc) is 2.82. The van der Waals surface area contributed by atoms with Crippen LogP contribution in [0, 0.1) is 5.92 Å². The van der Waals surface area contributed by atoms with E-state index >= 15 is 0 Å². The Labute approximate surface area is 131 Å². The van der Waals surface area contributed by atoms with Gasteiger partial charge in [-0.3, -0.25) is 4.79 Å². The summed E-state index contributed by atoms with van der Waals surface area (Å²) >= 11 is 13.5. The van der Waals surface area contributed by atoms with Crippen molar-refractivity contribution in [3.8, 4) is 0 Å². The average molecular weight is 329 g/mol. The summed E-state index contributed by atoms with van der Waals surface area (Å²) in [6.07, 6.45) is 5.46. The molecule has 1 aliphatic carbocycles. The number of nitrogens with one attached hydrogen (secondary N) is 1. The Morgan fingerprint density at radius 2 is 2.00 bits per heavy atom. The van der Waals surface area contributed by atoms with E-state index in [0.29, 0.717) is 20.7 Å². The lowest BCUT2D eigenvalue weighted by Gasteiger charge is -2.19. The van der Waals surface area contributed by atoms with Gasteiger partial charge in [-0.1, -0.05) is 53.8 Å². The van der Waals surface area contributed by atoms with E-state index in [-0.39, 0.29) is 11.8 Å². The van der Waals surface area contributed by atoms with Crippen molar-refractivity contribution in [1.29, 1.82) is 0 Å². The standard InChI is InChI=1S/C14H14Cl2N2OS/c15-9-6-10(16)12-11(7-9)20-14(17-12)18-13(19)8-4-2-1-3-5-8/h6-8H,1-5H2,(H,17,18,19). The lowest BCUT2D eigenvalue weighted by Crippen LogP contribution is -2.24. The van der Waals surface area contributed by atoms with E-state index in [9.17, 15) is 4.79 Å². The molecule has 0 atom stereocenters. The number of aromatic nitrogens is 1. The quantitative estimate of drug-likeness (QED) is 0.831. The first-order chi connectivity index (χ1) is 9.63. The fourth-order valence-corrected chi connectivity index (χ4v) is 4.17. The normalized spacial score (nSPS) is 16.5. The molecule has 1 heterocycles. The first kappa shape index (κ1) is 14.1. The highest BCUT2D eigenvalue weighted by molar-refractivity contribution is 7.22. The maximum atomic E-state index is 12.2. The van der Waals surface area contributed by atoms with Crippen LogP contribution in [0.4, 0.5) is 5.13 Å². The van der Waals surface area contributed by atoms with Gasteiger partial charge in [-0.05, 0) is 25.0 Å². The van der Waals surface area contributed by atoms with Gasteiger partial charge in [0, 0.05) is 10.9 Å². The van der Waals surface area contributed by atoms with Gasteiger partial charge in [0.05, 0.1) is 9.72 Å². The third kappa shape index (κ3) is 2.92. The third-order valence-electron chi connectivity index (χ3n) is 3.62. The van der Waals surface area contributed by atoms with Crippen molar-refractivity contribution >= 4 is 55.8 Å². The molecule has 2 aromatic rings. The van der Waals surface area contributed by atoms with E-state index in [1.54, 1.807) is 6.07 Å². The molecule has 0 bridgehead atoms. The number of thiazole rings is 1. The van der Waals surface area contributed by atoms with Gasteiger partial charge < -0.3 is 5.32 Å². The van der Waals surface area contributed by atoms with E-state index in [1.807, 2.05) is 6.07 Å². The maximum absolute atomic E-state index is 12.2.